The number of carbonyl (C=O) groups is 1. The van der Waals surface area contributed by atoms with Gasteiger partial charge in [-0.3, -0.25) is 9.78 Å². The van der Waals surface area contributed by atoms with E-state index in [9.17, 15) is 4.79 Å². The fraction of sp³-hybridized carbons (Fsp3) is 0.250. The Kier molecular flexibility index (Phi) is 4.15. The summed E-state index contributed by atoms with van der Waals surface area (Å²) in [7, 11) is 0. The van der Waals surface area contributed by atoms with Gasteiger partial charge in [0.25, 0.3) is 0 Å². The van der Waals surface area contributed by atoms with Crippen molar-refractivity contribution in [2.24, 2.45) is 0 Å². The van der Waals surface area contributed by atoms with E-state index in [0.717, 1.165) is 42.7 Å². The number of nitrogens with zero attached hydrogens (tertiary/aromatic N) is 2. The Balaban J connectivity index is 1.68. The lowest BCUT2D eigenvalue weighted by molar-refractivity contribution is 0.103. The number of fused-ring (bicyclic) bond motifs is 1. The molecule has 1 aliphatic rings. The molecule has 3 aromatic rings. The largest absolute Gasteiger partial charge is 0.399 e. The third-order valence-electron chi connectivity index (χ3n) is 4.75. The van der Waals surface area contributed by atoms with E-state index in [2.05, 4.69) is 10.3 Å². The smallest absolute Gasteiger partial charge is 0.193 e. The van der Waals surface area contributed by atoms with Crippen molar-refractivity contribution >= 4 is 22.5 Å². The average Bonchev–Trinajstić information content (AvgIpc) is 2.68. The summed E-state index contributed by atoms with van der Waals surface area (Å²) >= 11 is 0. The Labute approximate surface area is 146 Å². The van der Waals surface area contributed by atoms with Crippen LogP contribution in [0.2, 0.25) is 0 Å². The predicted molar refractivity (Wildman–Crippen MR) is 98.7 cm³/mol. The second kappa shape index (κ2) is 6.61. The molecule has 3 N–H and O–H groups in total. The van der Waals surface area contributed by atoms with Crippen molar-refractivity contribution in [3.63, 3.8) is 0 Å². The summed E-state index contributed by atoms with van der Waals surface area (Å²) in [5.74, 6) is 0.408. The van der Waals surface area contributed by atoms with Crippen LogP contribution in [-0.2, 0) is 0 Å². The highest BCUT2D eigenvalue weighted by molar-refractivity contribution is 6.10. The summed E-state index contributed by atoms with van der Waals surface area (Å²) in [6.07, 6.45) is 4.02. The van der Waals surface area contributed by atoms with Crippen molar-refractivity contribution in [3.8, 4) is 0 Å². The van der Waals surface area contributed by atoms with Gasteiger partial charge in [-0.25, -0.2) is 4.98 Å². The Bertz CT molecular complexity index is 915. The fourth-order valence-corrected chi connectivity index (χ4v) is 3.28. The SMILES string of the molecule is Nc1ccc(C(=O)c2ccc3ncc(C4CCNCC4)nc3c2)cc1. The average molecular weight is 332 g/mol. The zero-order valence-corrected chi connectivity index (χ0v) is 13.9. The van der Waals surface area contributed by atoms with E-state index in [0.29, 0.717) is 22.7 Å². The summed E-state index contributed by atoms with van der Waals surface area (Å²) in [6.45, 7) is 2.03. The summed E-state index contributed by atoms with van der Waals surface area (Å²) < 4.78 is 0. The quantitative estimate of drug-likeness (QED) is 0.569. The molecule has 1 aromatic heterocycles. The van der Waals surface area contributed by atoms with Gasteiger partial charge in [0.15, 0.2) is 5.78 Å². The molecule has 126 valence electrons. The molecule has 4 rings (SSSR count). The summed E-state index contributed by atoms with van der Waals surface area (Å²) in [5.41, 5.74) is 10.2. The predicted octanol–water partition coefficient (Wildman–Crippen LogP) is 2.91. The van der Waals surface area contributed by atoms with Gasteiger partial charge in [0, 0.05) is 28.9 Å². The molecule has 2 heterocycles. The molecular weight excluding hydrogens is 312 g/mol. The molecule has 5 nitrogen and oxygen atoms in total. The van der Waals surface area contributed by atoms with E-state index in [1.54, 1.807) is 30.3 Å². The molecule has 0 unspecified atom stereocenters. The topological polar surface area (TPSA) is 80.9 Å². The van der Waals surface area contributed by atoms with E-state index in [1.807, 2.05) is 18.3 Å². The highest BCUT2D eigenvalue weighted by atomic mass is 16.1. The number of ketones is 1. The number of anilines is 1. The zero-order chi connectivity index (χ0) is 17.2. The van der Waals surface area contributed by atoms with Gasteiger partial charge in [-0.2, -0.15) is 0 Å². The lowest BCUT2D eigenvalue weighted by Crippen LogP contribution is -2.27. The molecule has 0 saturated carbocycles. The lowest BCUT2D eigenvalue weighted by Gasteiger charge is -2.21. The van der Waals surface area contributed by atoms with Gasteiger partial charge in [-0.15, -0.1) is 0 Å². The third-order valence-corrected chi connectivity index (χ3v) is 4.75. The van der Waals surface area contributed by atoms with Crippen LogP contribution in [0.1, 0.15) is 40.4 Å². The second-order valence-corrected chi connectivity index (χ2v) is 6.47. The highest BCUT2D eigenvalue weighted by Crippen LogP contribution is 2.25. The minimum absolute atomic E-state index is 0.0315. The summed E-state index contributed by atoms with van der Waals surface area (Å²) in [5, 5.41) is 3.37. The van der Waals surface area contributed by atoms with Crippen LogP contribution in [-0.4, -0.2) is 28.8 Å². The second-order valence-electron chi connectivity index (χ2n) is 6.47. The maximum absolute atomic E-state index is 12.7. The van der Waals surface area contributed by atoms with E-state index in [4.69, 9.17) is 10.7 Å². The van der Waals surface area contributed by atoms with Crippen LogP contribution in [0.25, 0.3) is 11.0 Å². The highest BCUT2D eigenvalue weighted by Gasteiger charge is 2.18. The van der Waals surface area contributed by atoms with Crippen molar-refractivity contribution in [1.82, 2.24) is 15.3 Å². The minimum atomic E-state index is -0.0315. The molecule has 0 amide bonds. The molecule has 1 saturated heterocycles. The van der Waals surface area contributed by atoms with Gasteiger partial charge < -0.3 is 11.1 Å². The number of piperidine rings is 1. The normalized spacial score (nSPS) is 15.4. The number of rotatable bonds is 3. The molecule has 1 fully saturated rings. The molecule has 0 bridgehead atoms. The third kappa shape index (κ3) is 3.23. The summed E-state index contributed by atoms with van der Waals surface area (Å²) in [4.78, 5) is 22.0. The molecule has 25 heavy (non-hydrogen) atoms. The zero-order valence-electron chi connectivity index (χ0n) is 13.9. The van der Waals surface area contributed by atoms with Crippen LogP contribution < -0.4 is 11.1 Å². The maximum Gasteiger partial charge on any atom is 0.193 e. The van der Waals surface area contributed by atoms with Crippen molar-refractivity contribution in [2.45, 2.75) is 18.8 Å². The monoisotopic (exact) mass is 332 g/mol. The van der Waals surface area contributed by atoms with Gasteiger partial charge in [0.1, 0.15) is 0 Å². The van der Waals surface area contributed by atoms with Crippen LogP contribution in [0.5, 0.6) is 0 Å². The maximum atomic E-state index is 12.7. The van der Waals surface area contributed by atoms with Crippen molar-refractivity contribution in [3.05, 3.63) is 65.5 Å². The number of nitrogens with two attached hydrogens (primary N) is 1. The Morgan fingerprint density at radius 3 is 2.48 bits per heavy atom. The first-order valence-electron chi connectivity index (χ1n) is 8.58. The first kappa shape index (κ1) is 15.7. The van der Waals surface area contributed by atoms with Gasteiger partial charge >= 0.3 is 0 Å². The molecule has 0 aliphatic carbocycles. The van der Waals surface area contributed by atoms with Crippen molar-refractivity contribution < 1.29 is 4.79 Å². The van der Waals surface area contributed by atoms with Crippen molar-refractivity contribution in [1.29, 1.82) is 0 Å². The number of aromatic nitrogens is 2. The van der Waals surface area contributed by atoms with Crippen LogP contribution in [0, 0.1) is 0 Å². The number of nitrogens with one attached hydrogen (secondary N) is 1. The van der Waals surface area contributed by atoms with Gasteiger partial charge in [-0.1, -0.05) is 0 Å². The number of carbonyl (C=O) groups excluding carboxylic acids is 1. The summed E-state index contributed by atoms with van der Waals surface area (Å²) in [6, 6.07) is 12.5. The van der Waals surface area contributed by atoms with Gasteiger partial charge in [0.05, 0.1) is 16.7 Å². The van der Waals surface area contributed by atoms with Crippen LogP contribution in [0.4, 0.5) is 5.69 Å². The van der Waals surface area contributed by atoms with E-state index in [-0.39, 0.29) is 5.78 Å². The number of hydrogen-bond acceptors (Lipinski definition) is 5. The van der Waals surface area contributed by atoms with Crippen LogP contribution in [0.15, 0.2) is 48.7 Å². The molecule has 5 heteroatoms. The van der Waals surface area contributed by atoms with Gasteiger partial charge in [0.2, 0.25) is 0 Å². The molecule has 0 radical (unpaired) electrons. The minimum Gasteiger partial charge on any atom is -0.399 e. The standard InChI is InChI=1S/C20H20N4O/c21-16-4-1-14(2-5-16)20(25)15-3-6-17-18(11-15)24-19(12-23-17)13-7-9-22-10-8-13/h1-6,11-13,22H,7-10,21H2. The molecule has 0 atom stereocenters. The molecular formula is C20H20N4O. The van der Waals surface area contributed by atoms with Crippen LogP contribution in [0.3, 0.4) is 0 Å². The van der Waals surface area contributed by atoms with Gasteiger partial charge in [-0.05, 0) is 68.4 Å². The lowest BCUT2D eigenvalue weighted by atomic mass is 9.95. The first-order valence-corrected chi connectivity index (χ1v) is 8.58. The Hall–Kier alpha value is -2.79. The van der Waals surface area contributed by atoms with E-state index in [1.165, 1.54) is 0 Å². The Morgan fingerprint density at radius 2 is 1.72 bits per heavy atom. The number of hydrogen-bond donors (Lipinski definition) is 2. The van der Waals surface area contributed by atoms with E-state index >= 15 is 0 Å². The molecule has 2 aromatic carbocycles. The Morgan fingerprint density at radius 1 is 1.00 bits per heavy atom. The van der Waals surface area contributed by atoms with Crippen molar-refractivity contribution in [2.75, 3.05) is 18.8 Å². The number of benzene rings is 2. The molecule has 1 aliphatic heterocycles. The molecule has 0 spiro atoms. The number of nitrogen functional groups attached to an aromatic ring is 1. The van der Waals surface area contributed by atoms with E-state index < -0.39 is 0 Å². The van der Waals surface area contributed by atoms with Crippen LogP contribution >= 0.6 is 0 Å². The first-order chi connectivity index (χ1) is 12.2. The fourth-order valence-electron chi connectivity index (χ4n) is 3.28.